The summed E-state index contributed by atoms with van der Waals surface area (Å²) in [7, 11) is 0. The molecule has 1 unspecified atom stereocenters. The first-order valence-corrected chi connectivity index (χ1v) is 19.7. The third-order valence-corrected chi connectivity index (χ3v) is 11.3. The number of aromatic nitrogens is 1. The first-order chi connectivity index (χ1) is 28.8. The highest BCUT2D eigenvalue weighted by molar-refractivity contribution is 6.14. The van der Waals surface area contributed by atoms with Crippen molar-refractivity contribution in [1.29, 1.82) is 0 Å². The van der Waals surface area contributed by atoms with E-state index in [0.717, 1.165) is 68.1 Å². The average molecular weight is 747 g/mol. The van der Waals surface area contributed by atoms with Crippen molar-refractivity contribution in [2.45, 2.75) is 12.8 Å². The molecule has 0 amide bonds. The van der Waals surface area contributed by atoms with E-state index in [0.29, 0.717) is 5.84 Å². The fourth-order valence-electron chi connectivity index (χ4n) is 8.57. The Labute approximate surface area is 337 Å². The Morgan fingerprint density at radius 3 is 1.78 bits per heavy atom. The van der Waals surface area contributed by atoms with Gasteiger partial charge in [0.1, 0.15) is 5.84 Å². The highest BCUT2D eigenvalue weighted by Crippen LogP contribution is 2.45. The molecule has 0 fully saturated rings. The van der Waals surface area contributed by atoms with E-state index in [2.05, 4.69) is 190 Å². The number of amidine groups is 2. The molecule has 0 saturated heterocycles. The minimum atomic E-state index is -0.471. The Kier molecular flexibility index (Phi) is 8.18. The fraction of sp³-hybridized carbons (Fsp3) is 0.0385. The van der Waals surface area contributed by atoms with Gasteiger partial charge in [-0.2, -0.15) is 0 Å². The van der Waals surface area contributed by atoms with Crippen molar-refractivity contribution in [3.05, 3.63) is 223 Å². The molecule has 0 bridgehead atoms. The minimum Gasteiger partial charge on any atom is -0.336 e. The lowest BCUT2D eigenvalue weighted by atomic mass is 9.93. The molecular weight excluding hydrogens is 709 g/mol. The van der Waals surface area contributed by atoms with E-state index in [1.54, 1.807) is 0 Å². The van der Waals surface area contributed by atoms with Crippen LogP contribution < -0.4 is 15.1 Å². The van der Waals surface area contributed by atoms with Crippen LogP contribution in [0, 0.1) is 0 Å². The molecule has 276 valence electrons. The predicted octanol–water partition coefficient (Wildman–Crippen LogP) is 12.5. The molecule has 6 nitrogen and oxygen atoms in total. The van der Waals surface area contributed by atoms with Crippen molar-refractivity contribution in [2.24, 2.45) is 9.98 Å². The van der Waals surface area contributed by atoms with Crippen LogP contribution in [0.1, 0.15) is 23.0 Å². The van der Waals surface area contributed by atoms with E-state index in [1.165, 1.54) is 22.4 Å². The lowest BCUT2D eigenvalue weighted by Gasteiger charge is -2.33. The molecule has 2 aliphatic heterocycles. The molecule has 58 heavy (non-hydrogen) atoms. The number of hydrogen-bond donors (Lipinski definition) is 1. The van der Waals surface area contributed by atoms with Crippen molar-refractivity contribution < 1.29 is 0 Å². The first-order valence-electron chi connectivity index (χ1n) is 19.7. The van der Waals surface area contributed by atoms with Crippen LogP contribution in [0.2, 0.25) is 0 Å². The summed E-state index contributed by atoms with van der Waals surface area (Å²) in [6.07, 6.45) is -0.471. The van der Waals surface area contributed by atoms with Crippen LogP contribution in [-0.2, 0) is 6.54 Å². The molecule has 2 aliphatic rings. The molecule has 6 heteroatoms. The van der Waals surface area contributed by atoms with Gasteiger partial charge in [0.25, 0.3) is 0 Å². The van der Waals surface area contributed by atoms with Gasteiger partial charge in [0.05, 0.1) is 11.0 Å². The van der Waals surface area contributed by atoms with Gasteiger partial charge < -0.3 is 19.7 Å². The number of fused-ring (bicyclic) bond motifs is 6. The Morgan fingerprint density at radius 1 is 0.500 bits per heavy atom. The second kappa shape index (κ2) is 14.1. The molecule has 1 atom stereocenters. The van der Waals surface area contributed by atoms with Crippen LogP contribution in [0.4, 0.5) is 28.4 Å². The average Bonchev–Trinajstić information content (AvgIpc) is 3.63. The topological polar surface area (TPSA) is 48.2 Å². The fourth-order valence-corrected chi connectivity index (χ4v) is 8.57. The highest BCUT2D eigenvalue weighted by Gasteiger charge is 2.27. The summed E-state index contributed by atoms with van der Waals surface area (Å²) >= 11 is 0. The van der Waals surface area contributed by atoms with E-state index in [-0.39, 0.29) is 0 Å². The van der Waals surface area contributed by atoms with Gasteiger partial charge in [0, 0.05) is 62.4 Å². The van der Waals surface area contributed by atoms with E-state index in [4.69, 9.17) is 9.98 Å². The van der Waals surface area contributed by atoms with Crippen LogP contribution in [0.15, 0.2) is 216 Å². The van der Waals surface area contributed by atoms with Gasteiger partial charge in [-0.25, -0.2) is 9.98 Å². The SMILES string of the molecule is c1ccc(C2=NC(n3c4ccc(N5Cc6ccccc6-c6ccccc65)cc4c4cc(N(c5ccccc5)c5ccccc5)ccc43)NC(c3ccccc3)=N2)cc1. The monoisotopic (exact) mass is 746 g/mol. The Hall–Kier alpha value is -7.70. The molecule has 8 aromatic carbocycles. The van der Waals surface area contributed by atoms with Crippen molar-refractivity contribution in [3.8, 4) is 11.1 Å². The van der Waals surface area contributed by atoms with Crippen molar-refractivity contribution >= 4 is 61.9 Å². The van der Waals surface area contributed by atoms with Crippen LogP contribution in [0.5, 0.6) is 0 Å². The van der Waals surface area contributed by atoms with E-state index >= 15 is 0 Å². The quantitative estimate of drug-likeness (QED) is 0.177. The van der Waals surface area contributed by atoms with E-state index in [1.807, 2.05) is 36.4 Å². The molecule has 3 heterocycles. The lowest BCUT2D eigenvalue weighted by Crippen LogP contribution is -2.36. The largest absolute Gasteiger partial charge is 0.336 e. The molecule has 0 aliphatic carbocycles. The summed E-state index contributed by atoms with van der Waals surface area (Å²) in [6, 6.07) is 73.0. The van der Waals surface area contributed by atoms with Gasteiger partial charge in [-0.15, -0.1) is 0 Å². The zero-order valence-corrected chi connectivity index (χ0v) is 31.7. The summed E-state index contributed by atoms with van der Waals surface area (Å²) in [4.78, 5) is 15.2. The molecule has 0 spiro atoms. The molecule has 1 aromatic heterocycles. The van der Waals surface area contributed by atoms with Crippen molar-refractivity contribution in [1.82, 2.24) is 9.88 Å². The highest BCUT2D eigenvalue weighted by atomic mass is 15.3. The Balaban J connectivity index is 1.14. The molecule has 11 rings (SSSR count). The number of aliphatic imine (C=N–C) groups is 2. The maximum absolute atomic E-state index is 5.35. The summed E-state index contributed by atoms with van der Waals surface area (Å²) in [5.41, 5.74) is 13.6. The van der Waals surface area contributed by atoms with E-state index < -0.39 is 6.29 Å². The Morgan fingerprint density at radius 2 is 1.07 bits per heavy atom. The third-order valence-electron chi connectivity index (χ3n) is 11.3. The predicted molar refractivity (Wildman–Crippen MR) is 240 cm³/mol. The maximum Gasteiger partial charge on any atom is 0.204 e. The smallest absolute Gasteiger partial charge is 0.204 e. The van der Waals surface area contributed by atoms with Crippen LogP contribution in [0.3, 0.4) is 0 Å². The number of anilines is 5. The third kappa shape index (κ3) is 5.82. The zero-order chi connectivity index (χ0) is 38.4. The van der Waals surface area contributed by atoms with Gasteiger partial charge in [-0.1, -0.05) is 140 Å². The van der Waals surface area contributed by atoms with Crippen LogP contribution >= 0.6 is 0 Å². The van der Waals surface area contributed by atoms with Gasteiger partial charge in [0.2, 0.25) is 6.29 Å². The van der Waals surface area contributed by atoms with Crippen molar-refractivity contribution in [3.63, 3.8) is 0 Å². The molecular formula is C52H38N6. The second-order valence-corrected chi connectivity index (χ2v) is 14.7. The van der Waals surface area contributed by atoms with Gasteiger partial charge in [-0.05, 0) is 77.9 Å². The minimum absolute atomic E-state index is 0.471. The van der Waals surface area contributed by atoms with Crippen LogP contribution in [-0.4, -0.2) is 16.2 Å². The molecule has 9 aromatic rings. The van der Waals surface area contributed by atoms with Gasteiger partial charge >= 0.3 is 0 Å². The van der Waals surface area contributed by atoms with Gasteiger partial charge in [0.15, 0.2) is 5.84 Å². The normalized spacial score (nSPS) is 14.6. The number of benzene rings is 8. The summed E-state index contributed by atoms with van der Waals surface area (Å²) in [5.74, 6) is 1.47. The number of para-hydroxylation sites is 3. The number of hydrogen-bond acceptors (Lipinski definition) is 5. The van der Waals surface area contributed by atoms with Crippen LogP contribution in [0.25, 0.3) is 32.9 Å². The summed E-state index contributed by atoms with van der Waals surface area (Å²) in [6.45, 7) is 0.782. The zero-order valence-electron chi connectivity index (χ0n) is 31.7. The standard InChI is InChI=1S/C52H38N6/c1-5-17-36(18-6-1)50-53-51(37-19-7-2-8-20-37)55-52(54-50)58-48-31-29-41(56-35-38-21-13-14-26-43(38)44-27-15-16-28-47(44)56)33-45(48)46-34-42(30-32-49(46)58)57(39-22-9-3-10-23-39)40-24-11-4-12-25-40/h1-34,52H,35H2,(H,53,54,55). The van der Waals surface area contributed by atoms with Gasteiger partial charge in [-0.3, -0.25) is 0 Å². The van der Waals surface area contributed by atoms with Crippen molar-refractivity contribution in [2.75, 3.05) is 9.80 Å². The molecule has 1 N–H and O–H groups in total. The molecule has 0 radical (unpaired) electrons. The maximum atomic E-state index is 5.35. The lowest BCUT2D eigenvalue weighted by molar-refractivity contribution is 0.516. The summed E-state index contributed by atoms with van der Waals surface area (Å²) in [5, 5.41) is 6.04. The first kappa shape index (κ1) is 33.6. The number of rotatable bonds is 7. The second-order valence-electron chi connectivity index (χ2n) is 14.7. The summed E-state index contributed by atoms with van der Waals surface area (Å²) < 4.78 is 2.34. The number of nitrogens with zero attached hydrogens (tertiary/aromatic N) is 5. The van der Waals surface area contributed by atoms with E-state index in [9.17, 15) is 0 Å². The number of nitrogens with one attached hydrogen (secondary N) is 1. The molecule has 0 saturated carbocycles. The Bertz CT molecular complexity index is 2970.